The number of likely N-dealkylation sites (tertiary alicyclic amines) is 1. The van der Waals surface area contributed by atoms with Crippen molar-refractivity contribution in [1.82, 2.24) is 4.90 Å². The van der Waals surface area contributed by atoms with Crippen LogP contribution in [0, 0.1) is 11.3 Å². The van der Waals surface area contributed by atoms with Gasteiger partial charge in [0.25, 0.3) is 12.4 Å². The molecular formula is C25H41F2NO6S. The van der Waals surface area contributed by atoms with E-state index >= 15 is 0 Å². The summed E-state index contributed by atoms with van der Waals surface area (Å²) in [5, 5.41) is 0. The fraction of sp³-hybridized carbons (Fsp3) is 0.680. The highest BCUT2D eigenvalue weighted by atomic mass is 32.2. The van der Waals surface area contributed by atoms with Crippen molar-refractivity contribution >= 4 is 23.5 Å². The standard InChI is InChI=1S/C11H21F2NO2S.C9H10O2.C5H10O2/c1-9(2)10(5-6-14(3)7-10)11(12,13)8-16-17(4)15;1-8(10)11-7-9-5-3-2-4-6-9;1-5(2,3)7-4-6/h9H,5-8H2,1-4H3;2-6H,7H2,1H3;4H,1-3H3. The first kappa shape index (κ1) is 33.1. The summed E-state index contributed by atoms with van der Waals surface area (Å²) in [5.41, 5.74) is -0.370. The largest absolute Gasteiger partial charge is 0.462 e. The second-order valence-electron chi connectivity index (χ2n) is 9.76. The van der Waals surface area contributed by atoms with Crippen LogP contribution in [0.4, 0.5) is 8.78 Å². The number of carbonyl (C=O) groups excluding carboxylic acids is 2. The Morgan fingerprint density at radius 1 is 1.23 bits per heavy atom. The number of hydrogen-bond donors (Lipinski definition) is 0. The van der Waals surface area contributed by atoms with Crippen LogP contribution in [0.3, 0.4) is 0 Å². The van der Waals surface area contributed by atoms with Crippen LogP contribution in [0.5, 0.6) is 0 Å². The van der Waals surface area contributed by atoms with Crippen LogP contribution in [0.25, 0.3) is 0 Å². The maximum absolute atomic E-state index is 14.3. The minimum absolute atomic E-state index is 0.142. The molecule has 2 unspecified atom stereocenters. The Bertz CT molecular complexity index is 786. The fourth-order valence-electron chi connectivity index (χ4n) is 3.43. The van der Waals surface area contributed by atoms with E-state index in [0.29, 0.717) is 32.6 Å². The SMILES string of the molecule is CC(=O)OCc1ccccc1.CC(C)(C)OC=O.CC(C)C1(C(F)(F)COS(C)=O)CCN(C)C1. The lowest BCUT2D eigenvalue weighted by Gasteiger charge is -2.40. The first-order valence-corrected chi connectivity index (χ1v) is 12.9. The van der Waals surface area contributed by atoms with Crippen molar-refractivity contribution in [2.45, 2.75) is 66.1 Å². The van der Waals surface area contributed by atoms with Gasteiger partial charge in [0.1, 0.15) is 18.8 Å². The fourth-order valence-corrected chi connectivity index (χ4v) is 3.74. The van der Waals surface area contributed by atoms with E-state index in [1.54, 1.807) is 0 Å². The third-order valence-corrected chi connectivity index (χ3v) is 5.87. The Morgan fingerprint density at radius 3 is 2.14 bits per heavy atom. The highest BCUT2D eigenvalue weighted by Gasteiger charge is 2.58. The van der Waals surface area contributed by atoms with E-state index in [4.69, 9.17) is 4.74 Å². The Morgan fingerprint density at radius 2 is 1.80 bits per heavy atom. The minimum Gasteiger partial charge on any atom is -0.462 e. The van der Waals surface area contributed by atoms with Crippen molar-refractivity contribution in [1.29, 1.82) is 0 Å². The minimum atomic E-state index is -2.95. The molecule has 0 amide bonds. The molecule has 1 fully saturated rings. The van der Waals surface area contributed by atoms with E-state index in [1.165, 1.54) is 13.2 Å². The molecule has 0 N–H and O–H groups in total. The van der Waals surface area contributed by atoms with Gasteiger partial charge in [-0.05, 0) is 52.3 Å². The first-order chi connectivity index (χ1) is 16.1. The van der Waals surface area contributed by atoms with Gasteiger partial charge < -0.3 is 14.4 Å². The molecule has 35 heavy (non-hydrogen) atoms. The molecule has 2 rings (SSSR count). The van der Waals surface area contributed by atoms with Gasteiger partial charge in [0.05, 0.1) is 5.41 Å². The molecule has 0 bridgehead atoms. The molecule has 2 atom stereocenters. The van der Waals surface area contributed by atoms with Gasteiger partial charge in [0, 0.05) is 19.7 Å². The highest BCUT2D eigenvalue weighted by molar-refractivity contribution is 7.79. The summed E-state index contributed by atoms with van der Waals surface area (Å²) >= 11 is -1.65. The number of rotatable bonds is 8. The molecule has 1 aliphatic rings. The molecule has 202 valence electrons. The maximum Gasteiger partial charge on any atom is 0.302 e. The molecule has 0 radical (unpaired) electrons. The van der Waals surface area contributed by atoms with Crippen molar-refractivity contribution in [3.05, 3.63) is 35.9 Å². The number of benzene rings is 1. The van der Waals surface area contributed by atoms with Crippen LogP contribution in [-0.2, 0) is 40.9 Å². The molecule has 0 saturated carbocycles. The molecule has 7 nitrogen and oxygen atoms in total. The summed E-state index contributed by atoms with van der Waals surface area (Å²) in [6, 6.07) is 9.60. The molecule has 0 aromatic heterocycles. The zero-order valence-electron chi connectivity index (χ0n) is 22.1. The van der Waals surface area contributed by atoms with E-state index in [0.717, 1.165) is 5.56 Å². The zero-order chi connectivity index (χ0) is 27.3. The molecule has 0 aliphatic carbocycles. The number of alkyl halides is 2. The number of ether oxygens (including phenoxy) is 2. The number of carbonyl (C=O) groups is 2. The summed E-state index contributed by atoms with van der Waals surface area (Å²) in [6.07, 6.45) is 1.72. The lowest BCUT2D eigenvalue weighted by Crippen LogP contribution is -2.50. The summed E-state index contributed by atoms with van der Waals surface area (Å²) in [6.45, 7) is 11.6. The van der Waals surface area contributed by atoms with Crippen molar-refractivity contribution in [3.63, 3.8) is 0 Å². The van der Waals surface area contributed by atoms with E-state index in [-0.39, 0.29) is 17.5 Å². The third-order valence-electron chi connectivity index (χ3n) is 5.42. The molecular weight excluding hydrogens is 480 g/mol. The van der Waals surface area contributed by atoms with E-state index in [9.17, 15) is 22.6 Å². The number of nitrogens with zero attached hydrogens (tertiary/aromatic N) is 1. The number of hydrogen-bond acceptors (Lipinski definition) is 7. The molecule has 10 heteroatoms. The van der Waals surface area contributed by atoms with Gasteiger partial charge in [-0.3, -0.25) is 13.8 Å². The van der Waals surface area contributed by atoms with E-state index < -0.39 is 29.0 Å². The van der Waals surface area contributed by atoms with Crippen LogP contribution < -0.4 is 0 Å². The highest BCUT2D eigenvalue weighted by Crippen LogP contribution is 2.49. The Labute approximate surface area is 211 Å². The van der Waals surface area contributed by atoms with Crippen molar-refractivity contribution in [2.24, 2.45) is 11.3 Å². The van der Waals surface area contributed by atoms with Crippen molar-refractivity contribution in [3.8, 4) is 0 Å². The van der Waals surface area contributed by atoms with Gasteiger partial charge in [-0.15, -0.1) is 0 Å². The average molecular weight is 522 g/mol. The van der Waals surface area contributed by atoms with Gasteiger partial charge in [0.2, 0.25) is 0 Å². The van der Waals surface area contributed by atoms with Gasteiger partial charge in [-0.25, -0.2) is 13.0 Å². The summed E-state index contributed by atoms with van der Waals surface area (Å²) < 4.78 is 53.3. The van der Waals surface area contributed by atoms with Crippen molar-refractivity contribution < 1.29 is 36.2 Å². The van der Waals surface area contributed by atoms with Crippen LogP contribution in [0.15, 0.2) is 30.3 Å². The monoisotopic (exact) mass is 521 g/mol. The molecule has 1 saturated heterocycles. The molecule has 0 spiro atoms. The zero-order valence-corrected chi connectivity index (χ0v) is 23.0. The topological polar surface area (TPSA) is 82.1 Å². The number of esters is 1. The van der Waals surface area contributed by atoms with E-state index in [2.05, 4.69) is 8.92 Å². The Balaban J connectivity index is 0.000000550. The maximum atomic E-state index is 14.3. The molecule has 1 aromatic rings. The van der Waals surface area contributed by atoms with Crippen LogP contribution >= 0.6 is 0 Å². The van der Waals surface area contributed by atoms with Crippen LogP contribution in [-0.4, -0.2) is 66.1 Å². The summed E-state index contributed by atoms with van der Waals surface area (Å²) in [5.74, 6) is -3.33. The summed E-state index contributed by atoms with van der Waals surface area (Å²) in [4.78, 5) is 21.9. The van der Waals surface area contributed by atoms with Gasteiger partial charge in [0.15, 0.2) is 11.1 Å². The Hall–Kier alpha value is -1.91. The second kappa shape index (κ2) is 15.3. The van der Waals surface area contributed by atoms with Crippen LogP contribution in [0.1, 0.15) is 53.5 Å². The van der Waals surface area contributed by atoms with Crippen LogP contribution in [0.2, 0.25) is 0 Å². The third kappa shape index (κ3) is 13.1. The smallest absolute Gasteiger partial charge is 0.302 e. The van der Waals surface area contributed by atoms with E-state index in [1.807, 2.05) is 76.9 Å². The predicted molar refractivity (Wildman–Crippen MR) is 133 cm³/mol. The molecule has 1 aliphatic heterocycles. The van der Waals surface area contributed by atoms with Crippen molar-refractivity contribution in [2.75, 3.05) is 33.0 Å². The lowest BCUT2D eigenvalue weighted by molar-refractivity contribution is -0.158. The second-order valence-corrected chi connectivity index (χ2v) is 10.8. The average Bonchev–Trinajstić information content (AvgIpc) is 3.16. The quantitative estimate of drug-likeness (QED) is 0.365. The van der Waals surface area contributed by atoms with Gasteiger partial charge in [-0.2, -0.15) is 0 Å². The number of halogens is 2. The predicted octanol–water partition coefficient (Wildman–Crippen LogP) is 4.62. The van der Waals surface area contributed by atoms with Gasteiger partial charge >= 0.3 is 5.97 Å². The normalized spacial score (nSPS) is 19.1. The first-order valence-electron chi connectivity index (χ1n) is 11.4. The molecule has 1 heterocycles. The van der Waals surface area contributed by atoms with Gasteiger partial charge in [-0.1, -0.05) is 44.2 Å². The summed E-state index contributed by atoms with van der Waals surface area (Å²) in [7, 11) is 1.85. The molecule has 1 aromatic carbocycles. The lowest BCUT2D eigenvalue weighted by atomic mass is 9.71. The Kier molecular flexibility index (Phi) is 14.4.